The van der Waals surface area contributed by atoms with Crippen LogP contribution in [0.25, 0.3) is 0 Å². The first kappa shape index (κ1) is 22.7. The molecule has 0 aliphatic carbocycles. The van der Waals surface area contributed by atoms with Crippen LogP contribution in [0.4, 0.5) is 0 Å². The van der Waals surface area contributed by atoms with Gasteiger partial charge in [-0.25, -0.2) is 0 Å². The van der Waals surface area contributed by atoms with E-state index in [1.807, 2.05) is 6.92 Å². The molecule has 0 saturated carbocycles. The lowest BCUT2D eigenvalue weighted by Gasteiger charge is -2.44. The van der Waals surface area contributed by atoms with E-state index in [1.165, 1.54) is 19.3 Å². The summed E-state index contributed by atoms with van der Waals surface area (Å²) in [5, 5.41) is 30.3. The van der Waals surface area contributed by atoms with E-state index in [4.69, 9.17) is 4.74 Å². The van der Waals surface area contributed by atoms with Gasteiger partial charge >= 0.3 is 0 Å². The van der Waals surface area contributed by atoms with Gasteiger partial charge in [-0.15, -0.1) is 17.0 Å². The molecule has 25 heavy (non-hydrogen) atoms. The zero-order valence-corrected chi connectivity index (χ0v) is 18.3. The van der Waals surface area contributed by atoms with Crippen LogP contribution in [0, 0.1) is 0 Å². The number of benzene rings is 1. The van der Waals surface area contributed by atoms with Crippen molar-refractivity contribution in [3.05, 3.63) is 22.2 Å². The molecular weight excluding hydrogens is 452 g/mol. The SMILES string of the molecule is Br.CCCCCCC[C@@]1(C)Oc2cc(O)c(Br)cc2[C@@H](CCO)[C@@H]1O. The second kappa shape index (κ2) is 10.1. The van der Waals surface area contributed by atoms with Gasteiger partial charge in [0.1, 0.15) is 23.2 Å². The third-order valence-electron chi connectivity index (χ3n) is 5.05. The molecule has 1 aliphatic heterocycles. The molecule has 144 valence electrons. The maximum Gasteiger partial charge on any atom is 0.133 e. The Morgan fingerprint density at radius 3 is 2.52 bits per heavy atom. The van der Waals surface area contributed by atoms with Crippen molar-refractivity contribution in [1.82, 2.24) is 0 Å². The number of halogens is 2. The maximum atomic E-state index is 10.9. The number of rotatable bonds is 8. The van der Waals surface area contributed by atoms with Gasteiger partial charge in [-0.2, -0.15) is 0 Å². The van der Waals surface area contributed by atoms with Gasteiger partial charge in [-0.05, 0) is 48.2 Å². The van der Waals surface area contributed by atoms with Gasteiger partial charge in [-0.3, -0.25) is 0 Å². The van der Waals surface area contributed by atoms with E-state index in [9.17, 15) is 15.3 Å². The van der Waals surface area contributed by atoms with Gasteiger partial charge in [0.2, 0.25) is 0 Å². The Labute approximate surface area is 169 Å². The Balaban J connectivity index is 0.00000312. The molecule has 4 nitrogen and oxygen atoms in total. The number of aliphatic hydroxyl groups excluding tert-OH is 2. The van der Waals surface area contributed by atoms with Crippen LogP contribution in [0.15, 0.2) is 16.6 Å². The van der Waals surface area contributed by atoms with Crippen LogP contribution in [0.5, 0.6) is 11.5 Å². The minimum absolute atomic E-state index is 0. The molecule has 0 bridgehead atoms. The smallest absolute Gasteiger partial charge is 0.133 e. The van der Waals surface area contributed by atoms with Crippen molar-refractivity contribution in [2.75, 3.05) is 6.61 Å². The largest absolute Gasteiger partial charge is 0.507 e. The Bertz CT molecular complexity index is 552. The Morgan fingerprint density at radius 1 is 1.20 bits per heavy atom. The summed E-state index contributed by atoms with van der Waals surface area (Å²) in [4.78, 5) is 0. The van der Waals surface area contributed by atoms with E-state index < -0.39 is 11.7 Å². The number of unbranched alkanes of at least 4 members (excludes halogenated alkanes) is 4. The maximum absolute atomic E-state index is 10.9. The van der Waals surface area contributed by atoms with E-state index in [1.54, 1.807) is 12.1 Å². The van der Waals surface area contributed by atoms with Crippen LogP contribution >= 0.6 is 32.9 Å². The topological polar surface area (TPSA) is 69.9 Å². The van der Waals surface area contributed by atoms with Gasteiger partial charge < -0.3 is 20.1 Å². The van der Waals surface area contributed by atoms with Crippen molar-refractivity contribution >= 4 is 32.9 Å². The third kappa shape index (κ3) is 5.34. The van der Waals surface area contributed by atoms with E-state index >= 15 is 0 Å². The third-order valence-corrected chi connectivity index (χ3v) is 5.68. The molecule has 0 aromatic heterocycles. The molecule has 0 fully saturated rings. The normalized spacial score (nSPS) is 25.0. The number of fused-ring (bicyclic) bond motifs is 1. The lowest BCUT2D eigenvalue weighted by molar-refractivity contribution is -0.0794. The quantitative estimate of drug-likeness (QED) is 0.453. The highest BCUT2D eigenvalue weighted by atomic mass is 79.9. The first-order chi connectivity index (χ1) is 11.4. The van der Waals surface area contributed by atoms with Crippen molar-refractivity contribution in [2.45, 2.75) is 76.4 Å². The Kier molecular flexibility index (Phi) is 9.23. The highest BCUT2D eigenvalue weighted by molar-refractivity contribution is 9.10. The summed E-state index contributed by atoms with van der Waals surface area (Å²) in [6.45, 7) is 4.13. The second-order valence-corrected chi connectivity index (χ2v) is 7.84. The standard InChI is InChI=1S/C19H29BrO4.BrH/c1-3-4-5-6-7-9-19(2)18(23)13(8-10-21)14-11-15(20)16(22)12-17(14)24-19;/h11-13,18,21-23H,3-10H2,1-2H3;1H/t13-,18+,19-;/m1./s1. The number of aliphatic hydroxyl groups is 2. The van der Waals surface area contributed by atoms with Gasteiger partial charge in [0, 0.05) is 24.2 Å². The highest BCUT2D eigenvalue weighted by Crippen LogP contribution is 2.47. The van der Waals surface area contributed by atoms with Gasteiger partial charge in [-0.1, -0.05) is 32.6 Å². The summed E-state index contributed by atoms with van der Waals surface area (Å²) in [6.07, 6.45) is 6.32. The zero-order chi connectivity index (χ0) is 17.7. The van der Waals surface area contributed by atoms with Gasteiger partial charge in [0.05, 0.1) is 4.47 Å². The molecule has 2 rings (SSSR count). The Hall–Kier alpha value is -0.300. The average Bonchev–Trinajstić information content (AvgIpc) is 2.54. The van der Waals surface area contributed by atoms with Crippen LogP contribution in [0.2, 0.25) is 0 Å². The van der Waals surface area contributed by atoms with Crippen molar-refractivity contribution in [3.63, 3.8) is 0 Å². The molecular formula is C19H30Br2O4. The molecule has 0 unspecified atom stereocenters. The minimum atomic E-state index is -0.695. The van der Waals surface area contributed by atoms with Crippen molar-refractivity contribution < 1.29 is 20.1 Å². The van der Waals surface area contributed by atoms with Crippen LogP contribution in [-0.2, 0) is 0 Å². The number of ether oxygens (including phenoxy) is 1. The number of phenolic OH excluding ortho intramolecular Hbond substituents is 1. The fourth-order valence-corrected chi connectivity index (χ4v) is 3.94. The number of hydrogen-bond acceptors (Lipinski definition) is 4. The number of aromatic hydroxyl groups is 1. The fourth-order valence-electron chi connectivity index (χ4n) is 3.57. The molecule has 1 aromatic carbocycles. The molecule has 6 heteroatoms. The molecule has 0 amide bonds. The number of phenols is 1. The van der Waals surface area contributed by atoms with Crippen LogP contribution in [0.3, 0.4) is 0 Å². The summed E-state index contributed by atoms with van der Waals surface area (Å²) in [6, 6.07) is 3.39. The second-order valence-electron chi connectivity index (χ2n) is 6.98. The Morgan fingerprint density at radius 2 is 1.88 bits per heavy atom. The van der Waals surface area contributed by atoms with E-state index in [0.717, 1.165) is 24.8 Å². The van der Waals surface area contributed by atoms with E-state index in [2.05, 4.69) is 22.9 Å². The van der Waals surface area contributed by atoms with Crippen molar-refractivity contribution in [1.29, 1.82) is 0 Å². The average molecular weight is 482 g/mol. The zero-order valence-electron chi connectivity index (χ0n) is 15.0. The molecule has 0 spiro atoms. The molecule has 1 heterocycles. The van der Waals surface area contributed by atoms with Gasteiger partial charge in [0.25, 0.3) is 0 Å². The summed E-state index contributed by atoms with van der Waals surface area (Å²) in [5.41, 5.74) is 0.143. The fraction of sp³-hybridized carbons (Fsp3) is 0.684. The minimum Gasteiger partial charge on any atom is -0.507 e. The lowest BCUT2D eigenvalue weighted by Crippen LogP contribution is -2.51. The van der Waals surface area contributed by atoms with E-state index in [0.29, 0.717) is 16.6 Å². The molecule has 3 N–H and O–H groups in total. The summed E-state index contributed by atoms with van der Waals surface area (Å²) >= 11 is 3.32. The first-order valence-corrected chi connectivity index (χ1v) is 9.72. The summed E-state index contributed by atoms with van der Waals surface area (Å²) < 4.78 is 6.71. The predicted molar refractivity (Wildman–Crippen MR) is 109 cm³/mol. The highest BCUT2D eigenvalue weighted by Gasteiger charge is 2.45. The monoisotopic (exact) mass is 480 g/mol. The van der Waals surface area contributed by atoms with E-state index in [-0.39, 0.29) is 35.3 Å². The molecule has 0 radical (unpaired) electrons. The van der Waals surface area contributed by atoms with Gasteiger partial charge in [0.15, 0.2) is 0 Å². The van der Waals surface area contributed by atoms with Crippen molar-refractivity contribution in [3.8, 4) is 11.5 Å². The summed E-state index contributed by atoms with van der Waals surface area (Å²) in [5.74, 6) is 0.532. The molecule has 0 saturated heterocycles. The predicted octanol–water partition coefficient (Wildman–Crippen LogP) is 5.07. The first-order valence-electron chi connectivity index (χ1n) is 8.93. The molecule has 3 atom stereocenters. The molecule has 1 aromatic rings. The van der Waals surface area contributed by atoms with Crippen LogP contribution < -0.4 is 4.74 Å². The summed E-state index contributed by atoms with van der Waals surface area (Å²) in [7, 11) is 0. The number of hydrogen-bond donors (Lipinski definition) is 3. The van der Waals surface area contributed by atoms with Crippen molar-refractivity contribution in [2.24, 2.45) is 0 Å². The lowest BCUT2D eigenvalue weighted by atomic mass is 9.76. The van der Waals surface area contributed by atoms with Crippen LogP contribution in [-0.4, -0.2) is 33.6 Å². The van der Waals surface area contributed by atoms with Crippen LogP contribution in [0.1, 0.15) is 70.3 Å². The molecule has 1 aliphatic rings.